The van der Waals surface area contributed by atoms with Crippen molar-refractivity contribution in [3.8, 4) is 0 Å². The summed E-state index contributed by atoms with van der Waals surface area (Å²) in [5.41, 5.74) is 6.91. The maximum absolute atomic E-state index is 5.74. The monoisotopic (exact) mass is 273 g/mol. The molecule has 0 aliphatic heterocycles. The minimum atomic E-state index is 0.531. The Hall–Kier alpha value is -0.260. The number of hydrogen-bond acceptors (Lipinski definition) is 5. The molecule has 3 nitrogen and oxygen atoms in total. The number of nitrogens with zero attached hydrogens (tertiary/aromatic N) is 2. The summed E-state index contributed by atoms with van der Waals surface area (Å²) in [4.78, 5) is 8.19. The van der Waals surface area contributed by atoms with Crippen LogP contribution in [0.4, 0.5) is 5.13 Å². The molecule has 2 N–H and O–H groups in total. The van der Waals surface area contributed by atoms with Crippen LogP contribution in [0.3, 0.4) is 0 Å². The molecule has 0 radical (unpaired) electrons. The molecule has 98 valence electrons. The van der Waals surface area contributed by atoms with E-state index in [0.717, 1.165) is 17.2 Å². The van der Waals surface area contributed by atoms with E-state index < -0.39 is 0 Å². The van der Waals surface area contributed by atoms with Crippen LogP contribution in [0.2, 0.25) is 0 Å². The van der Waals surface area contributed by atoms with E-state index in [-0.39, 0.29) is 0 Å². The summed E-state index contributed by atoms with van der Waals surface area (Å²) in [6, 6.07) is 0.531. The molecule has 1 unspecified atom stereocenters. The fraction of sp³-hybridized carbons (Fsp3) is 0.750. The van der Waals surface area contributed by atoms with Crippen LogP contribution >= 0.6 is 23.1 Å². The smallest absolute Gasteiger partial charge is 0.185 e. The summed E-state index contributed by atoms with van der Waals surface area (Å²) in [5.74, 6) is 1.20. The number of anilines is 1. The second kappa shape index (κ2) is 7.24. The first kappa shape index (κ1) is 14.8. The van der Waals surface area contributed by atoms with Gasteiger partial charge in [0, 0.05) is 24.5 Å². The number of thioether (sulfide) groups is 1. The SMILES string of the molecule is CCc1nc(N(C)C(C)CCSC)sc1CN. The van der Waals surface area contributed by atoms with Gasteiger partial charge in [-0.3, -0.25) is 0 Å². The summed E-state index contributed by atoms with van der Waals surface area (Å²) in [6.07, 6.45) is 4.31. The molecule has 1 aromatic heterocycles. The number of hydrogen-bond donors (Lipinski definition) is 1. The van der Waals surface area contributed by atoms with E-state index in [1.54, 1.807) is 11.3 Å². The van der Waals surface area contributed by atoms with Gasteiger partial charge in [-0.15, -0.1) is 11.3 Å². The third-order valence-electron chi connectivity index (χ3n) is 2.99. The fourth-order valence-corrected chi connectivity index (χ4v) is 3.29. The molecule has 0 fully saturated rings. The molecule has 0 aromatic carbocycles. The van der Waals surface area contributed by atoms with Crippen molar-refractivity contribution in [2.45, 2.75) is 39.3 Å². The van der Waals surface area contributed by atoms with Gasteiger partial charge < -0.3 is 10.6 Å². The van der Waals surface area contributed by atoms with Crippen molar-refractivity contribution in [2.75, 3.05) is 24.0 Å². The third kappa shape index (κ3) is 3.86. The van der Waals surface area contributed by atoms with E-state index in [2.05, 4.69) is 37.0 Å². The Bertz CT molecular complexity index is 317. The zero-order valence-electron chi connectivity index (χ0n) is 11.2. The minimum Gasteiger partial charge on any atom is -0.348 e. The molecule has 0 aliphatic rings. The molecule has 0 saturated carbocycles. The van der Waals surface area contributed by atoms with Crippen LogP contribution in [0.25, 0.3) is 0 Å². The minimum absolute atomic E-state index is 0.531. The summed E-state index contributed by atoms with van der Waals surface area (Å²) < 4.78 is 0. The Kier molecular flexibility index (Phi) is 6.30. The highest BCUT2D eigenvalue weighted by molar-refractivity contribution is 7.98. The van der Waals surface area contributed by atoms with E-state index in [0.29, 0.717) is 12.6 Å². The van der Waals surface area contributed by atoms with Gasteiger partial charge in [-0.2, -0.15) is 11.8 Å². The van der Waals surface area contributed by atoms with Crippen molar-refractivity contribution in [3.63, 3.8) is 0 Å². The van der Waals surface area contributed by atoms with Crippen molar-refractivity contribution in [1.29, 1.82) is 0 Å². The third-order valence-corrected chi connectivity index (χ3v) is 4.84. The quantitative estimate of drug-likeness (QED) is 0.829. The molecule has 0 amide bonds. The zero-order chi connectivity index (χ0) is 12.8. The summed E-state index contributed by atoms with van der Waals surface area (Å²) in [6.45, 7) is 4.99. The highest BCUT2D eigenvalue weighted by Gasteiger charge is 2.15. The molecule has 0 saturated heterocycles. The first-order valence-corrected chi connectivity index (χ1v) is 8.25. The Morgan fingerprint density at radius 2 is 2.24 bits per heavy atom. The van der Waals surface area contributed by atoms with Gasteiger partial charge in [0.25, 0.3) is 0 Å². The van der Waals surface area contributed by atoms with Crippen LogP contribution in [-0.2, 0) is 13.0 Å². The second-order valence-corrected chi connectivity index (χ2v) is 6.21. The van der Waals surface area contributed by atoms with Crippen molar-refractivity contribution in [3.05, 3.63) is 10.6 Å². The van der Waals surface area contributed by atoms with Gasteiger partial charge in [0.1, 0.15) is 0 Å². The second-order valence-electron chi connectivity index (χ2n) is 4.17. The molecule has 0 aliphatic carbocycles. The standard InChI is InChI=1S/C12H23N3S2/c1-5-10-11(8-13)17-12(14-10)15(3)9(2)6-7-16-4/h9H,5-8,13H2,1-4H3. The number of aromatic nitrogens is 1. The van der Waals surface area contributed by atoms with Crippen molar-refractivity contribution in [1.82, 2.24) is 4.98 Å². The normalized spacial score (nSPS) is 12.8. The zero-order valence-corrected chi connectivity index (χ0v) is 12.8. The Morgan fingerprint density at radius 1 is 1.53 bits per heavy atom. The molecule has 1 atom stereocenters. The predicted molar refractivity (Wildman–Crippen MR) is 80.2 cm³/mol. The molecular formula is C12H23N3S2. The molecule has 0 spiro atoms. The largest absolute Gasteiger partial charge is 0.348 e. The van der Waals surface area contributed by atoms with Gasteiger partial charge in [-0.1, -0.05) is 6.92 Å². The van der Waals surface area contributed by atoms with Crippen LogP contribution in [0.15, 0.2) is 0 Å². The number of aryl methyl sites for hydroxylation is 1. The molecule has 1 aromatic rings. The van der Waals surface area contributed by atoms with E-state index in [4.69, 9.17) is 5.73 Å². The first-order chi connectivity index (χ1) is 8.13. The summed E-state index contributed by atoms with van der Waals surface area (Å²) >= 11 is 3.63. The first-order valence-electron chi connectivity index (χ1n) is 6.04. The Morgan fingerprint density at radius 3 is 2.71 bits per heavy atom. The van der Waals surface area contributed by atoms with E-state index >= 15 is 0 Å². The average Bonchev–Trinajstić information content (AvgIpc) is 2.77. The van der Waals surface area contributed by atoms with Crippen LogP contribution in [0, 0.1) is 0 Å². The number of nitrogens with two attached hydrogens (primary N) is 1. The number of rotatable bonds is 7. The van der Waals surface area contributed by atoms with E-state index in [1.807, 2.05) is 11.8 Å². The van der Waals surface area contributed by atoms with Crippen LogP contribution in [0.1, 0.15) is 30.8 Å². The summed E-state index contributed by atoms with van der Waals surface area (Å²) in [5, 5.41) is 1.11. The summed E-state index contributed by atoms with van der Waals surface area (Å²) in [7, 11) is 2.13. The Labute approximate surface area is 113 Å². The predicted octanol–water partition coefficient (Wildman–Crippen LogP) is 2.74. The molecular weight excluding hydrogens is 250 g/mol. The highest BCUT2D eigenvalue weighted by Crippen LogP contribution is 2.27. The van der Waals surface area contributed by atoms with Gasteiger partial charge in [0.15, 0.2) is 5.13 Å². The lowest BCUT2D eigenvalue weighted by molar-refractivity contribution is 0.666. The number of thiazole rings is 1. The molecule has 1 heterocycles. The highest BCUT2D eigenvalue weighted by atomic mass is 32.2. The lowest BCUT2D eigenvalue weighted by Crippen LogP contribution is -2.29. The maximum atomic E-state index is 5.74. The van der Waals surface area contributed by atoms with Gasteiger partial charge in [0.2, 0.25) is 0 Å². The van der Waals surface area contributed by atoms with Crippen molar-refractivity contribution in [2.24, 2.45) is 5.73 Å². The molecule has 17 heavy (non-hydrogen) atoms. The van der Waals surface area contributed by atoms with E-state index in [1.165, 1.54) is 17.1 Å². The van der Waals surface area contributed by atoms with Gasteiger partial charge in [-0.05, 0) is 31.8 Å². The molecule has 0 bridgehead atoms. The topological polar surface area (TPSA) is 42.2 Å². The van der Waals surface area contributed by atoms with Crippen LogP contribution in [0.5, 0.6) is 0 Å². The lowest BCUT2D eigenvalue weighted by atomic mass is 10.2. The van der Waals surface area contributed by atoms with Crippen LogP contribution in [-0.4, -0.2) is 30.1 Å². The van der Waals surface area contributed by atoms with Crippen molar-refractivity contribution >= 4 is 28.2 Å². The van der Waals surface area contributed by atoms with Crippen molar-refractivity contribution < 1.29 is 0 Å². The van der Waals surface area contributed by atoms with Crippen LogP contribution < -0.4 is 10.6 Å². The van der Waals surface area contributed by atoms with Gasteiger partial charge in [-0.25, -0.2) is 4.98 Å². The van der Waals surface area contributed by atoms with Gasteiger partial charge in [0.05, 0.1) is 5.69 Å². The van der Waals surface area contributed by atoms with Gasteiger partial charge >= 0.3 is 0 Å². The molecule has 5 heteroatoms. The molecule has 1 rings (SSSR count). The maximum Gasteiger partial charge on any atom is 0.185 e. The Balaban J connectivity index is 2.74. The van der Waals surface area contributed by atoms with E-state index in [9.17, 15) is 0 Å². The fourth-order valence-electron chi connectivity index (χ4n) is 1.63. The average molecular weight is 273 g/mol. The lowest BCUT2D eigenvalue weighted by Gasteiger charge is -2.23.